The van der Waals surface area contributed by atoms with Gasteiger partial charge in [-0.05, 0) is 39.2 Å². The quantitative estimate of drug-likeness (QED) is 0.843. The van der Waals surface area contributed by atoms with E-state index in [-0.39, 0.29) is 0 Å². The molecule has 0 spiro atoms. The molecule has 3 rings (SSSR count). The van der Waals surface area contributed by atoms with E-state index in [2.05, 4.69) is 21.4 Å². The second-order valence-corrected chi connectivity index (χ2v) is 5.39. The first-order valence-electron chi connectivity index (χ1n) is 6.71. The van der Waals surface area contributed by atoms with Gasteiger partial charge in [0.05, 0.1) is 12.2 Å². The largest absolute Gasteiger partial charge is 0.360 e. The van der Waals surface area contributed by atoms with Gasteiger partial charge in [0.25, 0.3) is 0 Å². The Morgan fingerprint density at radius 1 is 1.47 bits per heavy atom. The first kappa shape index (κ1) is 11.2. The van der Waals surface area contributed by atoms with Crippen LogP contribution >= 0.6 is 0 Å². The molecule has 1 N–H and O–H groups in total. The summed E-state index contributed by atoms with van der Waals surface area (Å²) in [5.41, 5.74) is 0.981. The van der Waals surface area contributed by atoms with Crippen molar-refractivity contribution in [1.29, 1.82) is 0 Å². The van der Waals surface area contributed by atoms with Crippen molar-refractivity contribution in [3.8, 4) is 0 Å². The van der Waals surface area contributed by atoms with Crippen molar-refractivity contribution in [3.63, 3.8) is 0 Å². The van der Waals surface area contributed by atoms with Crippen molar-refractivity contribution < 1.29 is 4.52 Å². The van der Waals surface area contributed by atoms with Gasteiger partial charge in [-0.1, -0.05) is 5.16 Å². The Hall–Kier alpha value is -0.870. The smallest absolute Gasteiger partial charge is 0.150 e. The summed E-state index contributed by atoms with van der Waals surface area (Å²) >= 11 is 0. The number of hydrogen-bond donors (Lipinski definition) is 1. The first-order chi connectivity index (χ1) is 8.31. The van der Waals surface area contributed by atoms with Crippen LogP contribution < -0.4 is 5.32 Å². The molecule has 0 bridgehead atoms. The highest BCUT2D eigenvalue weighted by Crippen LogP contribution is 2.29. The Bertz CT molecular complexity index is 366. The third-order valence-electron chi connectivity index (χ3n) is 3.72. The highest BCUT2D eigenvalue weighted by Gasteiger charge is 2.31. The fourth-order valence-electron chi connectivity index (χ4n) is 2.67. The minimum atomic E-state index is 0.680. The molecule has 2 aliphatic rings. The minimum absolute atomic E-state index is 0.680. The van der Waals surface area contributed by atoms with Crippen molar-refractivity contribution in [2.75, 3.05) is 13.1 Å². The zero-order valence-electron chi connectivity index (χ0n) is 10.5. The lowest BCUT2D eigenvalue weighted by molar-refractivity contribution is 0.204. The SMILES string of the molecule is Cc1cc(CN(CC2CCCN2)C2CC2)on1. The van der Waals surface area contributed by atoms with Crippen molar-refractivity contribution in [2.45, 2.75) is 51.2 Å². The molecule has 1 aromatic rings. The molecule has 1 aliphatic heterocycles. The molecule has 94 valence electrons. The maximum Gasteiger partial charge on any atom is 0.150 e. The molecular weight excluding hydrogens is 214 g/mol. The topological polar surface area (TPSA) is 41.3 Å². The van der Waals surface area contributed by atoms with Gasteiger partial charge in [0.1, 0.15) is 0 Å². The lowest BCUT2D eigenvalue weighted by Crippen LogP contribution is -2.38. The normalized spacial score (nSPS) is 24.7. The molecule has 2 heterocycles. The van der Waals surface area contributed by atoms with Crippen LogP contribution in [-0.2, 0) is 6.54 Å². The third-order valence-corrected chi connectivity index (χ3v) is 3.72. The molecule has 2 fully saturated rings. The predicted octanol–water partition coefficient (Wildman–Crippen LogP) is 1.70. The summed E-state index contributed by atoms with van der Waals surface area (Å²) in [7, 11) is 0. The monoisotopic (exact) mass is 235 g/mol. The third kappa shape index (κ3) is 2.87. The van der Waals surface area contributed by atoms with Gasteiger partial charge >= 0.3 is 0 Å². The van der Waals surface area contributed by atoms with Crippen LogP contribution in [0.2, 0.25) is 0 Å². The van der Waals surface area contributed by atoms with Gasteiger partial charge in [0.15, 0.2) is 5.76 Å². The number of rotatable bonds is 5. The predicted molar refractivity (Wildman–Crippen MR) is 65.7 cm³/mol. The molecule has 1 aromatic heterocycles. The average Bonchev–Trinajstić information content (AvgIpc) is 2.89. The summed E-state index contributed by atoms with van der Waals surface area (Å²) in [5, 5.41) is 7.54. The Kier molecular flexibility index (Phi) is 3.16. The molecule has 17 heavy (non-hydrogen) atoms. The summed E-state index contributed by atoms with van der Waals surface area (Å²) in [5.74, 6) is 1.01. The second-order valence-electron chi connectivity index (χ2n) is 5.39. The molecule has 4 nitrogen and oxygen atoms in total. The summed E-state index contributed by atoms with van der Waals surface area (Å²) in [6.07, 6.45) is 5.34. The van der Waals surface area contributed by atoms with Gasteiger partial charge in [-0.3, -0.25) is 4.90 Å². The standard InChI is InChI=1S/C13H21N3O/c1-10-7-13(17-15-10)9-16(12-4-5-12)8-11-3-2-6-14-11/h7,11-12,14H,2-6,8-9H2,1H3. The van der Waals surface area contributed by atoms with Crippen LogP contribution in [0.1, 0.15) is 37.1 Å². The summed E-state index contributed by atoms with van der Waals surface area (Å²) in [6, 6.07) is 3.51. The number of aromatic nitrogens is 1. The van der Waals surface area contributed by atoms with E-state index < -0.39 is 0 Å². The van der Waals surface area contributed by atoms with Crippen molar-refractivity contribution in [1.82, 2.24) is 15.4 Å². The Balaban J connectivity index is 1.59. The van der Waals surface area contributed by atoms with Gasteiger partial charge in [0.2, 0.25) is 0 Å². The zero-order valence-corrected chi connectivity index (χ0v) is 10.5. The van der Waals surface area contributed by atoms with E-state index in [1.807, 2.05) is 6.92 Å². The minimum Gasteiger partial charge on any atom is -0.360 e. The molecular formula is C13H21N3O. The van der Waals surface area contributed by atoms with E-state index in [9.17, 15) is 0 Å². The molecule has 0 aromatic carbocycles. The number of nitrogens with one attached hydrogen (secondary N) is 1. The maximum absolute atomic E-state index is 5.33. The average molecular weight is 235 g/mol. The molecule has 1 saturated heterocycles. The molecule has 1 atom stereocenters. The van der Waals surface area contributed by atoms with Crippen LogP contribution in [-0.4, -0.2) is 35.2 Å². The Morgan fingerprint density at radius 2 is 2.35 bits per heavy atom. The van der Waals surface area contributed by atoms with Crippen molar-refractivity contribution in [3.05, 3.63) is 17.5 Å². The number of hydrogen-bond acceptors (Lipinski definition) is 4. The van der Waals surface area contributed by atoms with Crippen LogP contribution in [0.3, 0.4) is 0 Å². The molecule has 1 saturated carbocycles. The second kappa shape index (κ2) is 4.78. The fourth-order valence-corrected chi connectivity index (χ4v) is 2.67. The van der Waals surface area contributed by atoms with Crippen LogP contribution in [0.5, 0.6) is 0 Å². The Labute approximate surface area is 102 Å². The molecule has 4 heteroatoms. The Morgan fingerprint density at radius 3 is 2.94 bits per heavy atom. The van der Waals surface area contributed by atoms with E-state index >= 15 is 0 Å². The molecule has 0 amide bonds. The van der Waals surface area contributed by atoms with Gasteiger partial charge in [-0.15, -0.1) is 0 Å². The van der Waals surface area contributed by atoms with Crippen LogP contribution in [0.25, 0.3) is 0 Å². The van der Waals surface area contributed by atoms with Crippen LogP contribution in [0.4, 0.5) is 0 Å². The van der Waals surface area contributed by atoms with Crippen molar-refractivity contribution in [2.24, 2.45) is 0 Å². The van der Waals surface area contributed by atoms with Gasteiger partial charge in [-0.25, -0.2) is 0 Å². The van der Waals surface area contributed by atoms with E-state index in [4.69, 9.17) is 4.52 Å². The summed E-state index contributed by atoms with van der Waals surface area (Å²) in [4.78, 5) is 2.56. The highest BCUT2D eigenvalue weighted by atomic mass is 16.5. The van der Waals surface area contributed by atoms with Gasteiger partial charge in [-0.2, -0.15) is 0 Å². The summed E-state index contributed by atoms with van der Waals surface area (Å²) < 4.78 is 5.33. The maximum atomic E-state index is 5.33. The first-order valence-corrected chi connectivity index (χ1v) is 6.71. The van der Waals surface area contributed by atoms with E-state index in [0.29, 0.717) is 6.04 Å². The van der Waals surface area contributed by atoms with E-state index in [1.54, 1.807) is 0 Å². The number of nitrogens with zero attached hydrogens (tertiary/aromatic N) is 2. The van der Waals surface area contributed by atoms with E-state index in [0.717, 1.165) is 30.6 Å². The molecule has 1 aliphatic carbocycles. The highest BCUT2D eigenvalue weighted by molar-refractivity contribution is 5.04. The zero-order chi connectivity index (χ0) is 11.7. The van der Waals surface area contributed by atoms with Gasteiger partial charge < -0.3 is 9.84 Å². The number of aryl methyl sites for hydroxylation is 1. The van der Waals surface area contributed by atoms with Crippen molar-refractivity contribution >= 4 is 0 Å². The van der Waals surface area contributed by atoms with E-state index in [1.165, 1.54) is 32.2 Å². The van der Waals surface area contributed by atoms with Crippen LogP contribution in [0, 0.1) is 6.92 Å². The van der Waals surface area contributed by atoms with Crippen LogP contribution in [0.15, 0.2) is 10.6 Å². The lowest BCUT2D eigenvalue weighted by atomic mass is 10.2. The fraction of sp³-hybridized carbons (Fsp3) is 0.769. The lowest BCUT2D eigenvalue weighted by Gasteiger charge is -2.24. The summed E-state index contributed by atoms with van der Waals surface area (Å²) in [6.45, 7) is 5.24. The molecule has 0 radical (unpaired) electrons. The van der Waals surface area contributed by atoms with Gasteiger partial charge in [0, 0.05) is 24.7 Å². The molecule has 1 unspecified atom stereocenters.